The topological polar surface area (TPSA) is 35.5 Å². The fourth-order valence-corrected chi connectivity index (χ4v) is 2.64. The largest absolute Gasteiger partial charge is 0.486 e. The van der Waals surface area contributed by atoms with E-state index in [1.165, 1.54) is 43.5 Å². The van der Waals surface area contributed by atoms with E-state index in [1.54, 1.807) is 24.3 Å². The number of esters is 1. The van der Waals surface area contributed by atoms with Crippen molar-refractivity contribution in [3.8, 4) is 16.9 Å². The monoisotopic (exact) mass is 372 g/mol. The smallest absolute Gasteiger partial charge is 0.338 e. The molecule has 0 heterocycles. The number of rotatable bonds is 5. The van der Waals surface area contributed by atoms with Crippen LogP contribution < -0.4 is 4.74 Å². The lowest BCUT2D eigenvalue weighted by molar-refractivity contribution is 0.0597. The zero-order valence-corrected chi connectivity index (χ0v) is 14.3. The molecule has 0 fully saturated rings. The van der Waals surface area contributed by atoms with Crippen LogP contribution in [0.2, 0.25) is 0 Å². The molecule has 6 heteroatoms. The zero-order chi connectivity index (χ0) is 19.4. The lowest BCUT2D eigenvalue weighted by Crippen LogP contribution is -2.08. The normalized spacial score (nSPS) is 10.5. The average Bonchev–Trinajstić information content (AvgIpc) is 2.69. The third kappa shape index (κ3) is 3.79. The first kappa shape index (κ1) is 18.5. The van der Waals surface area contributed by atoms with Gasteiger partial charge >= 0.3 is 5.97 Å². The van der Waals surface area contributed by atoms with Crippen LogP contribution in [0.3, 0.4) is 0 Å². The molecule has 0 saturated carbocycles. The van der Waals surface area contributed by atoms with E-state index in [0.717, 1.165) is 0 Å². The highest BCUT2D eigenvalue weighted by molar-refractivity contribution is 5.90. The molecule has 0 aliphatic heterocycles. The molecule has 3 aromatic carbocycles. The van der Waals surface area contributed by atoms with Crippen LogP contribution in [-0.2, 0) is 11.3 Å². The van der Waals surface area contributed by atoms with Gasteiger partial charge in [0.05, 0.1) is 12.7 Å². The Hall–Kier alpha value is -3.28. The van der Waals surface area contributed by atoms with Crippen molar-refractivity contribution in [2.45, 2.75) is 6.61 Å². The number of carbonyl (C=O) groups excluding carboxylic acids is 1. The number of ether oxygens (including phenoxy) is 2. The van der Waals surface area contributed by atoms with Gasteiger partial charge in [-0.2, -0.15) is 4.39 Å². The molecule has 0 saturated heterocycles. The Morgan fingerprint density at radius 2 is 1.56 bits per heavy atom. The Balaban J connectivity index is 1.87. The van der Waals surface area contributed by atoms with E-state index < -0.39 is 23.4 Å². The minimum absolute atomic E-state index is 0.0449. The van der Waals surface area contributed by atoms with Crippen molar-refractivity contribution in [1.82, 2.24) is 0 Å². The molecule has 3 rings (SSSR count). The number of carbonyl (C=O) groups is 1. The molecule has 3 nitrogen and oxygen atoms in total. The van der Waals surface area contributed by atoms with Crippen LogP contribution in [0.1, 0.15) is 15.9 Å². The second kappa shape index (κ2) is 7.95. The molecular formula is C21H15F3O3. The third-order valence-electron chi connectivity index (χ3n) is 4.02. The Labute approximate surface area is 154 Å². The third-order valence-corrected chi connectivity index (χ3v) is 4.02. The zero-order valence-electron chi connectivity index (χ0n) is 14.3. The fourth-order valence-electron chi connectivity index (χ4n) is 2.64. The summed E-state index contributed by atoms with van der Waals surface area (Å²) in [5, 5.41) is 0. The summed E-state index contributed by atoms with van der Waals surface area (Å²) in [6.07, 6.45) is 0. The molecule has 0 spiro atoms. The summed E-state index contributed by atoms with van der Waals surface area (Å²) in [6, 6.07) is 14.5. The molecule has 0 bridgehead atoms. The molecule has 0 amide bonds. The minimum atomic E-state index is -1.23. The number of hydrogen-bond donors (Lipinski definition) is 0. The van der Waals surface area contributed by atoms with Crippen molar-refractivity contribution in [3.05, 3.63) is 89.2 Å². The highest BCUT2D eigenvalue weighted by atomic mass is 19.2. The minimum Gasteiger partial charge on any atom is -0.486 e. The molecule has 0 aliphatic carbocycles. The summed E-state index contributed by atoms with van der Waals surface area (Å²) in [5.41, 5.74) is 0.482. The van der Waals surface area contributed by atoms with E-state index in [1.807, 2.05) is 0 Å². The maximum absolute atomic E-state index is 14.4. The van der Waals surface area contributed by atoms with Gasteiger partial charge in [0.2, 0.25) is 5.82 Å². The molecule has 0 atom stereocenters. The first-order valence-electron chi connectivity index (χ1n) is 8.05. The van der Waals surface area contributed by atoms with Gasteiger partial charge in [-0.05, 0) is 24.3 Å². The van der Waals surface area contributed by atoms with Crippen molar-refractivity contribution in [1.29, 1.82) is 0 Å². The number of hydrogen-bond acceptors (Lipinski definition) is 3. The van der Waals surface area contributed by atoms with Gasteiger partial charge in [0.15, 0.2) is 11.6 Å². The lowest BCUT2D eigenvalue weighted by Gasteiger charge is -2.12. The van der Waals surface area contributed by atoms with E-state index in [-0.39, 0.29) is 29.0 Å². The highest BCUT2D eigenvalue weighted by Crippen LogP contribution is 2.31. The van der Waals surface area contributed by atoms with Gasteiger partial charge in [0.1, 0.15) is 12.4 Å². The number of halogens is 3. The summed E-state index contributed by atoms with van der Waals surface area (Å²) >= 11 is 0. The van der Waals surface area contributed by atoms with E-state index in [0.29, 0.717) is 5.56 Å². The van der Waals surface area contributed by atoms with Crippen molar-refractivity contribution in [2.75, 3.05) is 7.11 Å². The van der Waals surface area contributed by atoms with E-state index >= 15 is 0 Å². The maximum Gasteiger partial charge on any atom is 0.338 e. The van der Waals surface area contributed by atoms with Gasteiger partial charge in [-0.25, -0.2) is 13.6 Å². The Morgan fingerprint density at radius 3 is 2.30 bits per heavy atom. The van der Waals surface area contributed by atoms with E-state index in [9.17, 15) is 18.0 Å². The van der Waals surface area contributed by atoms with Crippen LogP contribution >= 0.6 is 0 Å². The molecule has 0 aromatic heterocycles. The lowest BCUT2D eigenvalue weighted by atomic mass is 10.0. The van der Waals surface area contributed by atoms with Crippen LogP contribution in [0.25, 0.3) is 11.1 Å². The van der Waals surface area contributed by atoms with Gasteiger partial charge in [-0.1, -0.05) is 36.4 Å². The van der Waals surface area contributed by atoms with Crippen molar-refractivity contribution in [3.63, 3.8) is 0 Å². The summed E-state index contributed by atoms with van der Waals surface area (Å²) in [6.45, 7) is -0.166. The molecule has 3 aromatic rings. The standard InChI is InChI=1S/C21H15F3O3/c1-26-21(25)14-7-3-2-6-13(14)12-27-18-11-10-16(19(23)20(18)24)15-8-4-5-9-17(15)22/h2-11H,12H2,1H3. The molecular weight excluding hydrogens is 357 g/mol. The van der Waals surface area contributed by atoms with Crippen molar-refractivity contribution < 1.29 is 27.4 Å². The van der Waals surface area contributed by atoms with E-state index in [4.69, 9.17) is 4.74 Å². The first-order chi connectivity index (χ1) is 13.0. The van der Waals surface area contributed by atoms with Gasteiger partial charge in [-0.15, -0.1) is 0 Å². The van der Waals surface area contributed by atoms with Crippen molar-refractivity contribution in [2.24, 2.45) is 0 Å². The van der Waals surface area contributed by atoms with Crippen LogP contribution in [0.5, 0.6) is 5.75 Å². The first-order valence-corrected chi connectivity index (χ1v) is 8.05. The van der Waals surface area contributed by atoms with Gasteiger partial charge in [0.25, 0.3) is 0 Å². The molecule has 0 unspecified atom stereocenters. The molecule has 0 aliphatic rings. The second-order valence-electron chi connectivity index (χ2n) is 5.66. The summed E-state index contributed by atoms with van der Waals surface area (Å²) in [5.74, 6) is -4.00. The van der Waals surface area contributed by atoms with Gasteiger partial charge < -0.3 is 9.47 Å². The highest BCUT2D eigenvalue weighted by Gasteiger charge is 2.18. The Morgan fingerprint density at radius 1 is 0.852 bits per heavy atom. The van der Waals surface area contributed by atoms with Crippen molar-refractivity contribution >= 4 is 5.97 Å². The van der Waals surface area contributed by atoms with Crippen LogP contribution in [-0.4, -0.2) is 13.1 Å². The molecule has 0 radical (unpaired) electrons. The SMILES string of the molecule is COC(=O)c1ccccc1COc1ccc(-c2ccccc2F)c(F)c1F. The molecule has 138 valence electrons. The van der Waals surface area contributed by atoms with E-state index in [2.05, 4.69) is 4.74 Å². The number of benzene rings is 3. The second-order valence-corrected chi connectivity index (χ2v) is 5.66. The Bertz CT molecular complexity index is 986. The Kier molecular flexibility index (Phi) is 5.45. The average molecular weight is 372 g/mol. The maximum atomic E-state index is 14.4. The van der Waals surface area contributed by atoms with Crippen LogP contribution in [0.15, 0.2) is 60.7 Å². The van der Waals surface area contributed by atoms with Crippen LogP contribution in [0, 0.1) is 17.5 Å². The molecule has 27 heavy (non-hydrogen) atoms. The van der Waals surface area contributed by atoms with Gasteiger partial charge in [0, 0.05) is 16.7 Å². The fraction of sp³-hybridized carbons (Fsp3) is 0.0952. The predicted octanol–water partition coefficient (Wildman–Crippen LogP) is 5.14. The van der Waals surface area contributed by atoms with Crippen LogP contribution in [0.4, 0.5) is 13.2 Å². The number of methoxy groups -OCH3 is 1. The molecule has 0 N–H and O–H groups in total. The summed E-state index contributed by atoms with van der Waals surface area (Å²) in [7, 11) is 1.25. The predicted molar refractivity (Wildman–Crippen MR) is 93.9 cm³/mol. The van der Waals surface area contributed by atoms with Gasteiger partial charge in [-0.3, -0.25) is 0 Å². The quantitative estimate of drug-likeness (QED) is 0.582. The summed E-state index contributed by atoms with van der Waals surface area (Å²) < 4.78 is 52.7. The summed E-state index contributed by atoms with van der Waals surface area (Å²) in [4.78, 5) is 11.8.